The van der Waals surface area contributed by atoms with Crippen molar-refractivity contribution in [3.63, 3.8) is 0 Å². The Morgan fingerprint density at radius 2 is 1.72 bits per heavy atom. The van der Waals surface area contributed by atoms with E-state index in [9.17, 15) is 25.0 Å². The minimum atomic E-state index is -0.660. The summed E-state index contributed by atoms with van der Waals surface area (Å²) in [5.41, 5.74) is 2.03. The number of non-ortho nitro benzene ring substituents is 1. The average molecular weight is 711 g/mol. The van der Waals surface area contributed by atoms with E-state index < -0.39 is 15.8 Å². The van der Waals surface area contributed by atoms with Gasteiger partial charge in [-0.2, -0.15) is 0 Å². The first-order chi connectivity index (χ1) is 17.1. The summed E-state index contributed by atoms with van der Waals surface area (Å²) >= 11 is 4.22. The van der Waals surface area contributed by atoms with Crippen molar-refractivity contribution in [3.8, 4) is 5.75 Å². The molecule has 0 saturated heterocycles. The van der Waals surface area contributed by atoms with Gasteiger partial charge in [-0.3, -0.25) is 20.2 Å². The van der Waals surface area contributed by atoms with Crippen LogP contribution in [-0.4, -0.2) is 21.7 Å². The standard InChI is InChI=1S/C24H15I2N3O7/c1-13-17(6-3-7-21(13)29(33)34)23-27-20(24(30)36-23)11-15-9-18(25)22(19(26)10-15)35-12-14-4-2-5-16(8-14)28(31)32/h2-11H,12H2,1H3/b20-11-. The van der Waals surface area contributed by atoms with Gasteiger partial charge in [0.05, 0.1) is 17.0 Å². The molecule has 3 aromatic rings. The summed E-state index contributed by atoms with van der Waals surface area (Å²) in [5, 5.41) is 22.2. The lowest BCUT2D eigenvalue weighted by atomic mass is 10.1. The monoisotopic (exact) mass is 711 g/mol. The van der Waals surface area contributed by atoms with Gasteiger partial charge < -0.3 is 9.47 Å². The van der Waals surface area contributed by atoms with E-state index in [2.05, 4.69) is 50.2 Å². The van der Waals surface area contributed by atoms with Crippen molar-refractivity contribution in [1.29, 1.82) is 0 Å². The van der Waals surface area contributed by atoms with Crippen LogP contribution in [0.4, 0.5) is 11.4 Å². The van der Waals surface area contributed by atoms with Crippen molar-refractivity contribution in [2.24, 2.45) is 4.99 Å². The molecule has 0 unspecified atom stereocenters. The molecule has 182 valence electrons. The first-order valence-corrected chi connectivity index (χ1v) is 12.4. The van der Waals surface area contributed by atoms with Crippen LogP contribution < -0.4 is 4.74 Å². The maximum atomic E-state index is 12.4. The molecule has 0 aromatic heterocycles. The van der Waals surface area contributed by atoms with Crippen LogP contribution in [0.5, 0.6) is 5.75 Å². The Kier molecular flexibility index (Phi) is 7.63. The van der Waals surface area contributed by atoms with Gasteiger partial charge >= 0.3 is 5.97 Å². The number of carbonyl (C=O) groups excluding carboxylic acids is 1. The number of hydrogen-bond acceptors (Lipinski definition) is 8. The van der Waals surface area contributed by atoms with Crippen LogP contribution in [0.3, 0.4) is 0 Å². The third kappa shape index (κ3) is 5.53. The fourth-order valence-corrected chi connectivity index (χ4v) is 5.58. The van der Waals surface area contributed by atoms with Crippen LogP contribution in [0.2, 0.25) is 0 Å². The molecule has 36 heavy (non-hydrogen) atoms. The molecule has 0 N–H and O–H groups in total. The number of cyclic esters (lactones) is 1. The maximum Gasteiger partial charge on any atom is 0.363 e. The molecule has 1 aliphatic rings. The molecule has 0 spiro atoms. The summed E-state index contributed by atoms with van der Waals surface area (Å²) in [6, 6.07) is 14.3. The lowest BCUT2D eigenvalue weighted by molar-refractivity contribution is -0.385. The molecule has 10 nitrogen and oxygen atoms in total. The first-order valence-electron chi connectivity index (χ1n) is 10.3. The number of aliphatic imine (C=N–C) groups is 1. The minimum Gasteiger partial charge on any atom is -0.487 e. The molecule has 0 radical (unpaired) electrons. The van der Waals surface area contributed by atoms with E-state index >= 15 is 0 Å². The summed E-state index contributed by atoms with van der Waals surface area (Å²) < 4.78 is 12.7. The van der Waals surface area contributed by atoms with Gasteiger partial charge in [-0.1, -0.05) is 18.2 Å². The van der Waals surface area contributed by atoms with E-state index in [1.165, 1.54) is 24.3 Å². The second-order valence-electron chi connectivity index (χ2n) is 7.57. The molecule has 0 saturated carbocycles. The Bertz CT molecular complexity index is 1460. The number of benzene rings is 3. The molecule has 0 fully saturated rings. The minimum absolute atomic E-state index is 0.00810. The van der Waals surface area contributed by atoms with Crippen LogP contribution in [0, 0.1) is 34.3 Å². The number of hydrogen-bond donors (Lipinski definition) is 0. The van der Waals surface area contributed by atoms with Crippen LogP contribution in [0.25, 0.3) is 6.08 Å². The second kappa shape index (κ2) is 10.7. The number of rotatable bonds is 7. The Balaban J connectivity index is 1.57. The summed E-state index contributed by atoms with van der Waals surface area (Å²) in [4.78, 5) is 38.0. The number of halogens is 2. The van der Waals surface area contributed by atoms with Crippen molar-refractivity contribution >= 4 is 74.5 Å². The molecule has 1 heterocycles. The predicted octanol–water partition coefficient (Wildman–Crippen LogP) is 5.94. The zero-order chi connectivity index (χ0) is 26.0. The zero-order valence-corrected chi connectivity index (χ0v) is 22.8. The molecule has 12 heteroatoms. The third-order valence-corrected chi connectivity index (χ3v) is 6.78. The first kappa shape index (κ1) is 25.7. The highest BCUT2D eigenvalue weighted by molar-refractivity contribution is 14.1. The Labute approximate surface area is 231 Å². The van der Waals surface area contributed by atoms with Crippen molar-refractivity contribution in [2.75, 3.05) is 0 Å². The number of esters is 1. The predicted molar refractivity (Wildman–Crippen MR) is 148 cm³/mol. The molecule has 3 aromatic carbocycles. The smallest absolute Gasteiger partial charge is 0.363 e. The van der Waals surface area contributed by atoms with Gasteiger partial charge in [0, 0.05) is 29.3 Å². The van der Waals surface area contributed by atoms with E-state index in [1.807, 2.05) is 0 Å². The number of ether oxygens (including phenoxy) is 2. The number of carbonyl (C=O) groups is 1. The van der Waals surface area contributed by atoms with Crippen LogP contribution in [-0.2, 0) is 16.1 Å². The van der Waals surface area contributed by atoms with Gasteiger partial charge in [0.1, 0.15) is 12.4 Å². The number of nitro benzene ring substituents is 2. The largest absolute Gasteiger partial charge is 0.487 e. The third-order valence-electron chi connectivity index (χ3n) is 5.18. The lowest BCUT2D eigenvalue weighted by Crippen LogP contribution is -2.08. The van der Waals surface area contributed by atoms with E-state index in [1.54, 1.807) is 43.3 Å². The molecule has 0 amide bonds. The molecule has 1 aliphatic heterocycles. The molecule has 0 atom stereocenters. The average Bonchev–Trinajstić information content (AvgIpc) is 3.18. The maximum absolute atomic E-state index is 12.4. The fraction of sp³-hybridized carbons (Fsp3) is 0.0833. The van der Waals surface area contributed by atoms with Gasteiger partial charge in [-0.05, 0) is 87.5 Å². The highest BCUT2D eigenvalue weighted by Gasteiger charge is 2.27. The lowest BCUT2D eigenvalue weighted by Gasteiger charge is -2.11. The summed E-state index contributed by atoms with van der Waals surface area (Å²) in [7, 11) is 0. The molecule has 0 aliphatic carbocycles. The van der Waals surface area contributed by atoms with Crippen molar-refractivity contribution in [1.82, 2.24) is 0 Å². The van der Waals surface area contributed by atoms with Crippen molar-refractivity contribution in [3.05, 3.63) is 110 Å². The van der Waals surface area contributed by atoms with E-state index in [0.717, 1.165) is 7.14 Å². The quantitative estimate of drug-likeness (QED) is 0.0974. The van der Waals surface area contributed by atoms with Crippen LogP contribution in [0.15, 0.2) is 65.3 Å². The van der Waals surface area contributed by atoms with Gasteiger partial charge in [-0.15, -0.1) is 0 Å². The van der Waals surface area contributed by atoms with Crippen molar-refractivity contribution < 1.29 is 24.1 Å². The Morgan fingerprint density at radius 3 is 2.39 bits per heavy atom. The normalized spacial score (nSPS) is 13.9. The highest BCUT2D eigenvalue weighted by Crippen LogP contribution is 2.32. The van der Waals surface area contributed by atoms with E-state index in [0.29, 0.717) is 28.0 Å². The molecular formula is C24H15I2N3O7. The van der Waals surface area contributed by atoms with Gasteiger partial charge in [-0.25, -0.2) is 9.79 Å². The molecule has 4 rings (SSSR count). The zero-order valence-electron chi connectivity index (χ0n) is 18.4. The van der Waals surface area contributed by atoms with Crippen LogP contribution in [0.1, 0.15) is 22.3 Å². The number of nitrogens with zero attached hydrogens (tertiary/aromatic N) is 3. The van der Waals surface area contributed by atoms with Crippen molar-refractivity contribution in [2.45, 2.75) is 13.5 Å². The second-order valence-corrected chi connectivity index (χ2v) is 9.90. The van der Waals surface area contributed by atoms with E-state index in [4.69, 9.17) is 9.47 Å². The van der Waals surface area contributed by atoms with Gasteiger partial charge in [0.25, 0.3) is 11.4 Å². The number of nitro groups is 2. The summed E-state index contributed by atoms with van der Waals surface area (Å²) in [6.45, 7) is 1.72. The summed E-state index contributed by atoms with van der Waals surface area (Å²) in [5.74, 6) is -0.0454. The Hall–Kier alpha value is -3.40. The van der Waals surface area contributed by atoms with E-state index in [-0.39, 0.29) is 29.6 Å². The fourth-order valence-electron chi connectivity index (χ4n) is 3.45. The molecule has 0 bridgehead atoms. The SMILES string of the molecule is Cc1c(C2=N/C(=C\c3cc(I)c(OCc4cccc([N+](=O)[O-])c4)c(I)c3)C(=O)O2)cccc1[N+](=O)[O-]. The van der Waals surface area contributed by atoms with Crippen LogP contribution >= 0.6 is 45.2 Å². The summed E-state index contributed by atoms with van der Waals surface area (Å²) in [6.07, 6.45) is 1.57. The molecular weight excluding hydrogens is 696 g/mol. The van der Waals surface area contributed by atoms with Gasteiger partial charge in [0.2, 0.25) is 5.90 Å². The topological polar surface area (TPSA) is 134 Å². The van der Waals surface area contributed by atoms with Gasteiger partial charge in [0.15, 0.2) is 5.70 Å². The Morgan fingerprint density at radius 1 is 1.03 bits per heavy atom. The highest BCUT2D eigenvalue weighted by atomic mass is 127.